The van der Waals surface area contributed by atoms with Crippen LogP contribution in [0.3, 0.4) is 0 Å². The van der Waals surface area contributed by atoms with E-state index in [4.69, 9.17) is 4.74 Å². The third kappa shape index (κ3) is 3.53. The average Bonchev–Trinajstić information content (AvgIpc) is 3.14. The van der Waals surface area contributed by atoms with Crippen LogP contribution in [0, 0.1) is 12.8 Å². The fourth-order valence-electron chi connectivity index (χ4n) is 2.66. The molecule has 2 aromatic rings. The van der Waals surface area contributed by atoms with Gasteiger partial charge in [0, 0.05) is 19.5 Å². The monoisotopic (exact) mass is 329 g/mol. The maximum absolute atomic E-state index is 12.3. The van der Waals surface area contributed by atoms with Crippen LogP contribution in [0.25, 0.3) is 0 Å². The van der Waals surface area contributed by atoms with Gasteiger partial charge >= 0.3 is 0 Å². The molecule has 1 aromatic carbocycles. The number of aryl methyl sites for hydroxylation is 1. The van der Waals surface area contributed by atoms with Crippen molar-refractivity contribution in [2.45, 2.75) is 19.9 Å². The minimum absolute atomic E-state index is 0.0304. The number of nitrogens with one attached hydrogen (secondary N) is 2. The van der Waals surface area contributed by atoms with Crippen molar-refractivity contribution < 1.29 is 14.3 Å². The summed E-state index contributed by atoms with van der Waals surface area (Å²) in [5.41, 5.74) is 0.995. The van der Waals surface area contributed by atoms with E-state index in [1.165, 1.54) is 0 Å². The van der Waals surface area contributed by atoms with Crippen LogP contribution in [-0.2, 0) is 16.1 Å². The van der Waals surface area contributed by atoms with Crippen molar-refractivity contribution in [3.05, 3.63) is 35.7 Å². The second kappa shape index (κ2) is 6.69. The first-order valence-electron chi connectivity index (χ1n) is 7.65. The molecule has 1 saturated heterocycles. The first-order chi connectivity index (χ1) is 11.5. The Morgan fingerprint density at radius 2 is 2.17 bits per heavy atom. The zero-order valence-electron chi connectivity index (χ0n) is 13.6. The molecule has 0 saturated carbocycles. The van der Waals surface area contributed by atoms with Gasteiger partial charge in [-0.1, -0.05) is 12.1 Å². The molecule has 8 nitrogen and oxygen atoms in total. The lowest BCUT2D eigenvalue weighted by Crippen LogP contribution is -2.28. The molecule has 1 aliphatic heterocycles. The van der Waals surface area contributed by atoms with Gasteiger partial charge in [-0.15, -0.1) is 5.10 Å². The minimum atomic E-state index is -0.394. The van der Waals surface area contributed by atoms with E-state index in [0.29, 0.717) is 18.9 Å². The Morgan fingerprint density at radius 3 is 2.79 bits per heavy atom. The second-order valence-electron chi connectivity index (χ2n) is 5.76. The predicted molar refractivity (Wildman–Crippen MR) is 86.3 cm³/mol. The van der Waals surface area contributed by atoms with Crippen molar-refractivity contribution in [2.75, 3.05) is 19.0 Å². The van der Waals surface area contributed by atoms with Gasteiger partial charge in [0.2, 0.25) is 17.8 Å². The van der Waals surface area contributed by atoms with Gasteiger partial charge in [-0.3, -0.25) is 20.0 Å². The normalized spacial score (nSPS) is 17.2. The van der Waals surface area contributed by atoms with Crippen LogP contribution in [0.5, 0.6) is 5.75 Å². The smallest absolute Gasteiger partial charge is 0.248 e. The number of ether oxygens (including phenoxy) is 1. The van der Waals surface area contributed by atoms with E-state index in [2.05, 4.69) is 20.5 Å². The van der Waals surface area contributed by atoms with Crippen LogP contribution in [0.1, 0.15) is 17.8 Å². The van der Waals surface area contributed by atoms with Crippen LogP contribution in [0.15, 0.2) is 24.3 Å². The molecule has 0 aliphatic carbocycles. The lowest BCUT2D eigenvalue weighted by molar-refractivity contribution is -0.128. The molecule has 2 N–H and O–H groups in total. The molecule has 0 bridgehead atoms. The second-order valence-corrected chi connectivity index (χ2v) is 5.76. The Hall–Kier alpha value is -2.90. The molecular weight excluding hydrogens is 310 g/mol. The highest BCUT2D eigenvalue weighted by molar-refractivity contribution is 5.96. The molecular formula is C16H19N5O3. The number of rotatable bonds is 5. The number of carbonyl (C=O) groups excluding carboxylic acids is 2. The third-order valence-corrected chi connectivity index (χ3v) is 3.95. The number of methoxy groups -OCH3 is 1. The third-order valence-electron chi connectivity index (χ3n) is 3.95. The van der Waals surface area contributed by atoms with Gasteiger partial charge in [0.05, 0.1) is 13.0 Å². The molecule has 2 amide bonds. The lowest BCUT2D eigenvalue weighted by atomic mass is 10.1. The fraction of sp³-hybridized carbons (Fsp3) is 0.375. The van der Waals surface area contributed by atoms with Gasteiger partial charge < -0.3 is 9.64 Å². The number of anilines is 1. The van der Waals surface area contributed by atoms with Crippen LogP contribution in [0.2, 0.25) is 0 Å². The van der Waals surface area contributed by atoms with Crippen molar-refractivity contribution >= 4 is 17.8 Å². The molecule has 1 fully saturated rings. The molecule has 126 valence electrons. The van der Waals surface area contributed by atoms with Crippen molar-refractivity contribution in [1.82, 2.24) is 20.1 Å². The minimum Gasteiger partial charge on any atom is -0.497 e. The molecule has 8 heteroatoms. The number of H-pyrrole nitrogens is 1. The van der Waals surface area contributed by atoms with Crippen molar-refractivity contribution in [3.8, 4) is 5.75 Å². The first kappa shape index (κ1) is 16.0. The molecule has 24 heavy (non-hydrogen) atoms. The number of aromatic amines is 1. The van der Waals surface area contributed by atoms with E-state index in [-0.39, 0.29) is 24.2 Å². The predicted octanol–water partition coefficient (Wildman–Crippen LogP) is 1.11. The molecule has 0 radical (unpaired) electrons. The van der Waals surface area contributed by atoms with Crippen LogP contribution in [-0.4, -0.2) is 45.6 Å². The number of amides is 2. The number of aromatic nitrogens is 3. The summed E-state index contributed by atoms with van der Waals surface area (Å²) in [6.45, 7) is 2.62. The number of nitrogens with zero attached hydrogens (tertiary/aromatic N) is 3. The summed E-state index contributed by atoms with van der Waals surface area (Å²) in [4.78, 5) is 30.1. The highest BCUT2D eigenvalue weighted by atomic mass is 16.5. The Bertz CT molecular complexity index is 740. The standard InChI is InChI=1S/C16H19N5O3/c1-10-17-16(20-19-10)18-15(23)12-7-14(22)21(9-12)8-11-3-5-13(24-2)6-4-11/h3-6,12H,7-9H2,1-2H3,(H2,17,18,19,20,23)/t12-/m1/s1. The molecule has 0 spiro atoms. The van der Waals surface area contributed by atoms with Gasteiger partial charge in [-0.05, 0) is 24.6 Å². The van der Waals surface area contributed by atoms with E-state index in [9.17, 15) is 9.59 Å². The zero-order valence-corrected chi connectivity index (χ0v) is 13.6. The number of carbonyl (C=O) groups is 2. The number of hydrogen-bond donors (Lipinski definition) is 2. The fourth-order valence-corrected chi connectivity index (χ4v) is 2.66. The lowest BCUT2D eigenvalue weighted by Gasteiger charge is -2.16. The Kier molecular flexibility index (Phi) is 4.45. The van der Waals surface area contributed by atoms with Crippen molar-refractivity contribution in [2.24, 2.45) is 5.92 Å². The maximum atomic E-state index is 12.3. The van der Waals surface area contributed by atoms with Gasteiger partial charge in [-0.25, -0.2) is 0 Å². The summed E-state index contributed by atoms with van der Waals surface area (Å²) in [5.74, 6) is 0.962. The van der Waals surface area contributed by atoms with Gasteiger partial charge in [0.15, 0.2) is 0 Å². The SMILES string of the molecule is COc1ccc(CN2C[C@H](C(=O)Nc3n[nH]c(C)n3)CC2=O)cc1. The largest absolute Gasteiger partial charge is 0.497 e. The number of hydrogen-bond acceptors (Lipinski definition) is 5. The van der Waals surface area contributed by atoms with Gasteiger partial charge in [-0.2, -0.15) is 4.98 Å². The van der Waals surface area contributed by atoms with Gasteiger partial charge in [0.1, 0.15) is 11.6 Å². The van der Waals surface area contributed by atoms with E-state index in [1.54, 1.807) is 18.9 Å². The van der Waals surface area contributed by atoms with E-state index in [0.717, 1.165) is 11.3 Å². The average molecular weight is 329 g/mol. The summed E-state index contributed by atoms with van der Waals surface area (Å²) in [5, 5.41) is 9.17. The Labute approximate surface area is 139 Å². The topological polar surface area (TPSA) is 100 Å². The molecule has 0 unspecified atom stereocenters. The number of benzene rings is 1. The number of likely N-dealkylation sites (tertiary alicyclic amines) is 1. The summed E-state index contributed by atoms with van der Waals surface area (Å²) in [6, 6.07) is 7.53. The Morgan fingerprint density at radius 1 is 1.42 bits per heavy atom. The quantitative estimate of drug-likeness (QED) is 0.856. The molecule has 3 rings (SSSR count). The molecule has 1 aliphatic rings. The highest BCUT2D eigenvalue weighted by Gasteiger charge is 2.34. The summed E-state index contributed by atoms with van der Waals surface area (Å²) in [6.07, 6.45) is 0.200. The van der Waals surface area contributed by atoms with Gasteiger partial charge in [0.25, 0.3) is 0 Å². The molecule has 1 aromatic heterocycles. The van der Waals surface area contributed by atoms with E-state index < -0.39 is 5.92 Å². The molecule has 1 atom stereocenters. The van der Waals surface area contributed by atoms with Crippen molar-refractivity contribution in [3.63, 3.8) is 0 Å². The van der Waals surface area contributed by atoms with Crippen LogP contribution >= 0.6 is 0 Å². The Balaban J connectivity index is 1.59. The molecule has 2 heterocycles. The maximum Gasteiger partial charge on any atom is 0.248 e. The first-order valence-corrected chi connectivity index (χ1v) is 7.65. The highest BCUT2D eigenvalue weighted by Crippen LogP contribution is 2.22. The van der Waals surface area contributed by atoms with Crippen LogP contribution < -0.4 is 10.1 Å². The summed E-state index contributed by atoms with van der Waals surface area (Å²) < 4.78 is 5.12. The van der Waals surface area contributed by atoms with Crippen molar-refractivity contribution in [1.29, 1.82) is 0 Å². The van der Waals surface area contributed by atoms with Crippen LogP contribution in [0.4, 0.5) is 5.95 Å². The van der Waals surface area contributed by atoms with E-state index >= 15 is 0 Å². The zero-order chi connectivity index (χ0) is 17.1. The summed E-state index contributed by atoms with van der Waals surface area (Å²) in [7, 11) is 1.61. The summed E-state index contributed by atoms with van der Waals surface area (Å²) >= 11 is 0. The van der Waals surface area contributed by atoms with E-state index in [1.807, 2.05) is 24.3 Å².